The summed E-state index contributed by atoms with van der Waals surface area (Å²) in [6, 6.07) is 12.2. The first-order valence-electron chi connectivity index (χ1n) is 7.00. The molecule has 0 radical (unpaired) electrons. The van der Waals surface area contributed by atoms with Crippen LogP contribution in [0.25, 0.3) is 0 Å². The van der Waals surface area contributed by atoms with Crippen molar-refractivity contribution in [2.24, 2.45) is 0 Å². The first kappa shape index (κ1) is 16.3. The van der Waals surface area contributed by atoms with E-state index in [9.17, 15) is 4.39 Å². The Hall–Kier alpha value is -1.09. The Bertz CT molecular complexity index is 584. The summed E-state index contributed by atoms with van der Waals surface area (Å²) in [5, 5.41) is 4.66. The maximum absolute atomic E-state index is 13.1. The molecule has 112 valence electrons. The summed E-state index contributed by atoms with van der Waals surface area (Å²) >= 11 is 12.2. The molecule has 1 atom stereocenters. The van der Waals surface area contributed by atoms with Gasteiger partial charge in [-0.05, 0) is 48.4 Å². The van der Waals surface area contributed by atoms with Gasteiger partial charge in [-0.25, -0.2) is 4.39 Å². The molecular formula is C17H18Cl2FN. The topological polar surface area (TPSA) is 12.0 Å². The SMILES string of the molecule is CCNCC(Cc1ccc(Cl)cc1Cl)c1ccc(F)cc1. The van der Waals surface area contributed by atoms with Gasteiger partial charge in [0, 0.05) is 22.5 Å². The molecule has 0 fully saturated rings. The van der Waals surface area contributed by atoms with E-state index < -0.39 is 0 Å². The first-order chi connectivity index (χ1) is 10.1. The number of halogens is 3. The van der Waals surface area contributed by atoms with Crippen molar-refractivity contribution < 1.29 is 4.39 Å². The van der Waals surface area contributed by atoms with Crippen molar-refractivity contribution in [3.63, 3.8) is 0 Å². The first-order valence-corrected chi connectivity index (χ1v) is 7.76. The summed E-state index contributed by atoms with van der Waals surface area (Å²) in [5.41, 5.74) is 2.15. The minimum absolute atomic E-state index is 0.217. The number of rotatable bonds is 6. The fourth-order valence-corrected chi connectivity index (χ4v) is 2.80. The normalized spacial score (nSPS) is 12.4. The van der Waals surface area contributed by atoms with Crippen molar-refractivity contribution in [3.05, 3.63) is 69.5 Å². The fourth-order valence-electron chi connectivity index (χ4n) is 2.31. The molecule has 21 heavy (non-hydrogen) atoms. The van der Waals surface area contributed by atoms with Gasteiger partial charge in [0.25, 0.3) is 0 Å². The number of likely N-dealkylation sites (N-methyl/N-ethyl adjacent to an activating group) is 1. The molecule has 0 amide bonds. The van der Waals surface area contributed by atoms with E-state index in [1.165, 1.54) is 12.1 Å². The van der Waals surface area contributed by atoms with E-state index in [1.807, 2.05) is 24.3 Å². The van der Waals surface area contributed by atoms with Crippen LogP contribution in [-0.4, -0.2) is 13.1 Å². The largest absolute Gasteiger partial charge is 0.316 e. The maximum Gasteiger partial charge on any atom is 0.123 e. The van der Waals surface area contributed by atoms with E-state index in [2.05, 4.69) is 12.2 Å². The average Bonchev–Trinajstić information content (AvgIpc) is 2.46. The molecule has 0 aromatic heterocycles. The summed E-state index contributed by atoms with van der Waals surface area (Å²) in [5.74, 6) is 0.0229. The molecule has 2 rings (SSSR count). The number of nitrogens with one attached hydrogen (secondary N) is 1. The Kier molecular flexibility index (Phi) is 6.04. The van der Waals surface area contributed by atoms with E-state index in [0.717, 1.165) is 30.6 Å². The van der Waals surface area contributed by atoms with E-state index in [1.54, 1.807) is 6.07 Å². The zero-order valence-electron chi connectivity index (χ0n) is 11.9. The van der Waals surface area contributed by atoms with Gasteiger partial charge in [0.1, 0.15) is 5.82 Å². The van der Waals surface area contributed by atoms with E-state index >= 15 is 0 Å². The minimum atomic E-state index is -0.217. The van der Waals surface area contributed by atoms with Gasteiger partial charge in [0.2, 0.25) is 0 Å². The lowest BCUT2D eigenvalue weighted by molar-refractivity contribution is 0.590. The van der Waals surface area contributed by atoms with Crippen LogP contribution in [0.5, 0.6) is 0 Å². The highest BCUT2D eigenvalue weighted by molar-refractivity contribution is 6.35. The molecule has 0 heterocycles. The minimum Gasteiger partial charge on any atom is -0.316 e. The van der Waals surface area contributed by atoms with Crippen molar-refractivity contribution in [2.45, 2.75) is 19.3 Å². The van der Waals surface area contributed by atoms with Gasteiger partial charge >= 0.3 is 0 Å². The second-order valence-corrected chi connectivity index (χ2v) is 5.84. The Morgan fingerprint density at radius 1 is 1.10 bits per heavy atom. The molecule has 0 aliphatic heterocycles. The van der Waals surface area contributed by atoms with E-state index in [4.69, 9.17) is 23.2 Å². The molecule has 0 aliphatic rings. The van der Waals surface area contributed by atoms with Crippen LogP contribution < -0.4 is 5.32 Å². The van der Waals surface area contributed by atoms with Gasteiger partial charge in [-0.15, -0.1) is 0 Å². The van der Waals surface area contributed by atoms with Crippen LogP contribution in [-0.2, 0) is 6.42 Å². The molecule has 4 heteroatoms. The number of benzene rings is 2. The number of hydrogen-bond donors (Lipinski definition) is 1. The predicted octanol–water partition coefficient (Wildman–Crippen LogP) is 5.07. The van der Waals surface area contributed by atoms with Crippen LogP contribution in [0.2, 0.25) is 10.0 Å². The maximum atomic E-state index is 13.1. The third-order valence-electron chi connectivity index (χ3n) is 3.46. The van der Waals surface area contributed by atoms with Crippen molar-refractivity contribution in [1.29, 1.82) is 0 Å². The van der Waals surface area contributed by atoms with Crippen LogP contribution in [0.4, 0.5) is 4.39 Å². The van der Waals surface area contributed by atoms with Gasteiger partial charge < -0.3 is 5.32 Å². The van der Waals surface area contributed by atoms with Crippen LogP contribution in [0, 0.1) is 5.82 Å². The summed E-state index contributed by atoms with van der Waals surface area (Å²) in [7, 11) is 0. The van der Waals surface area contributed by atoms with Crippen LogP contribution in [0.1, 0.15) is 24.0 Å². The molecule has 1 unspecified atom stereocenters. The van der Waals surface area contributed by atoms with Crippen LogP contribution >= 0.6 is 23.2 Å². The van der Waals surface area contributed by atoms with E-state index in [-0.39, 0.29) is 11.7 Å². The quantitative estimate of drug-likeness (QED) is 0.782. The zero-order valence-corrected chi connectivity index (χ0v) is 13.4. The lowest BCUT2D eigenvalue weighted by Crippen LogP contribution is -2.22. The zero-order chi connectivity index (χ0) is 15.2. The third kappa shape index (κ3) is 4.70. The standard InChI is InChI=1S/C17H18Cl2FN/c1-2-21-11-14(12-4-7-16(20)8-5-12)9-13-3-6-15(18)10-17(13)19/h3-8,10,14,21H,2,9,11H2,1H3. The van der Waals surface area contributed by atoms with Crippen molar-refractivity contribution >= 4 is 23.2 Å². The molecule has 1 nitrogen and oxygen atoms in total. The summed E-state index contributed by atoms with van der Waals surface area (Å²) in [4.78, 5) is 0. The van der Waals surface area contributed by atoms with Gasteiger partial charge in [-0.3, -0.25) is 0 Å². The molecular weight excluding hydrogens is 308 g/mol. The van der Waals surface area contributed by atoms with Crippen molar-refractivity contribution in [1.82, 2.24) is 5.32 Å². The predicted molar refractivity (Wildman–Crippen MR) is 87.9 cm³/mol. The lowest BCUT2D eigenvalue weighted by Gasteiger charge is -2.19. The highest BCUT2D eigenvalue weighted by Crippen LogP contribution is 2.27. The fraction of sp³-hybridized carbons (Fsp3) is 0.294. The average molecular weight is 326 g/mol. The molecule has 2 aromatic carbocycles. The highest BCUT2D eigenvalue weighted by atomic mass is 35.5. The van der Waals surface area contributed by atoms with Crippen molar-refractivity contribution in [2.75, 3.05) is 13.1 Å². The highest BCUT2D eigenvalue weighted by Gasteiger charge is 2.14. The molecule has 1 N–H and O–H groups in total. The second kappa shape index (κ2) is 7.79. The summed E-state index contributed by atoms with van der Waals surface area (Å²) in [6.45, 7) is 3.78. The Balaban J connectivity index is 2.21. The Morgan fingerprint density at radius 2 is 1.81 bits per heavy atom. The molecule has 0 bridgehead atoms. The third-order valence-corrected chi connectivity index (χ3v) is 4.05. The molecule has 0 spiro atoms. The summed E-state index contributed by atoms with van der Waals surface area (Å²) in [6.07, 6.45) is 0.786. The molecule has 2 aromatic rings. The smallest absolute Gasteiger partial charge is 0.123 e. The van der Waals surface area contributed by atoms with Crippen LogP contribution in [0.3, 0.4) is 0 Å². The molecule has 0 aliphatic carbocycles. The van der Waals surface area contributed by atoms with Crippen molar-refractivity contribution in [3.8, 4) is 0 Å². The van der Waals surface area contributed by atoms with E-state index in [0.29, 0.717) is 10.0 Å². The monoisotopic (exact) mass is 325 g/mol. The Labute approximate surface area is 135 Å². The van der Waals surface area contributed by atoms with Gasteiger partial charge in [0.05, 0.1) is 0 Å². The van der Waals surface area contributed by atoms with Gasteiger partial charge in [0.15, 0.2) is 0 Å². The molecule has 0 saturated heterocycles. The van der Waals surface area contributed by atoms with Gasteiger partial charge in [-0.1, -0.05) is 48.3 Å². The second-order valence-electron chi connectivity index (χ2n) is 5.00. The summed E-state index contributed by atoms with van der Waals surface area (Å²) < 4.78 is 13.1. The van der Waals surface area contributed by atoms with Crippen LogP contribution in [0.15, 0.2) is 42.5 Å². The molecule has 0 saturated carbocycles. The van der Waals surface area contributed by atoms with Gasteiger partial charge in [-0.2, -0.15) is 0 Å². The number of hydrogen-bond acceptors (Lipinski definition) is 1. The lowest BCUT2D eigenvalue weighted by atomic mass is 9.92. The Morgan fingerprint density at radius 3 is 2.43 bits per heavy atom.